The molecule has 0 aliphatic heterocycles. The summed E-state index contributed by atoms with van der Waals surface area (Å²) in [5.41, 5.74) is 1.23. The molecule has 0 aliphatic carbocycles. The normalized spacial score (nSPS) is 9.25. The third-order valence-corrected chi connectivity index (χ3v) is 1.82. The molecule has 0 unspecified atom stereocenters. The molecule has 0 heterocycles. The minimum absolute atomic E-state index is 0.853. The standard InChI is InChI=1S/C9H13BO2/c1-10-7-4-8(11-2)6-9(5-7)12-3/h4-6,10H,1-3H3. The average Bonchev–Trinajstić information content (AvgIpc) is 2.16. The van der Waals surface area contributed by atoms with Crippen LogP contribution in [0.1, 0.15) is 0 Å². The SMILES string of the molecule is CBc1cc(OC)cc(OC)c1. The fraction of sp³-hybridized carbons (Fsp3) is 0.333. The highest BCUT2D eigenvalue weighted by molar-refractivity contribution is 6.52. The molecule has 1 rings (SSSR count). The molecule has 0 fully saturated rings. The van der Waals surface area contributed by atoms with E-state index in [1.165, 1.54) is 5.46 Å². The summed E-state index contributed by atoms with van der Waals surface area (Å²) in [5.74, 6) is 1.71. The van der Waals surface area contributed by atoms with Gasteiger partial charge in [0.25, 0.3) is 0 Å². The van der Waals surface area contributed by atoms with Crippen molar-refractivity contribution in [3.8, 4) is 11.5 Å². The first kappa shape index (κ1) is 8.98. The maximum absolute atomic E-state index is 5.12. The fourth-order valence-corrected chi connectivity index (χ4v) is 1.07. The van der Waals surface area contributed by atoms with Crippen molar-refractivity contribution in [3.63, 3.8) is 0 Å². The number of benzene rings is 1. The van der Waals surface area contributed by atoms with E-state index in [0.717, 1.165) is 18.8 Å². The summed E-state index contributed by atoms with van der Waals surface area (Å²) in [5, 5.41) is 0. The molecule has 0 atom stereocenters. The lowest BCUT2D eigenvalue weighted by Gasteiger charge is -2.06. The molecule has 1 aromatic rings. The van der Waals surface area contributed by atoms with E-state index in [1.54, 1.807) is 14.2 Å². The van der Waals surface area contributed by atoms with Gasteiger partial charge in [-0.2, -0.15) is 0 Å². The second-order valence-corrected chi connectivity index (χ2v) is 2.57. The summed E-state index contributed by atoms with van der Waals surface area (Å²) in [6.45, 7) is 2.11. The lowest BCUT2D eigenvalue weighted by Crippen LogP contribution is -2.10. The van der Waals surface area contributed by atoms with Gasteiger partial charge in [0.2, 0.25) is 0 Å². The van der Waals surface area contributed by atoms with Crippen LogP contribution >= 0.6 is 0 Å². The van der Waals surface area contributed by atoms with Gasteiger partial charge in [-0.3, -0.25) is 0 Å². The predicted molar refractivity (Wildman–Crippen MR) is 52.2 cm³/mol. The van der Waals surface area contributed by atoms with Gasteiger partial charge >= 0.3 is 0 Å². The maximum Gasteiger partial charge on any atom is 0.154 e. The number of rotatable bonds is 3. The molecule has 12 heavy (non-hydrogen) atoms. The Morgan fingerprint density at radius 2 is 1.50 bits per heavy atom. The molecule has 0 radical (unpaired) electrons. The van der Waals surface area contributed by atoms with Crippen molar-refractivity contribution in [3.05, 3.63) is 18.2 Å². The van der Waals surface area contributed by atoms with E-state index in [-0.39, 0.29) is 0 Å². The van der Waals surface area contributed by atoms with E-state index in [1.807, 2.05) is 18.2 Å². The van der Waals surface area contributed by atoms with Gasteiger partial charge in [-0.25, -0.2) is 0 Å². The minimum Gasteiger partial charge on any atom is -0.497 e. The Hall–Kier alpha value is -1.12. The summed E-state index contributed by atoms with van der Waals surface area (Å²) in [6.07, 6.45) is 0. The van der Waals surface area contributed by atoms with Crippen LogP contribution in [0.25, 0.3) is 0 Å². The summed E-state index contributed by atoms with van der Waals surface area (Å²) < 4.78 is 10.2. The summed E-state index contributed by atoms with van der Waals surface area (Å²) in [7, 11) is 4.32. The van der Waals surface area contributed by atoms with Gasteiger partial charge in [-0.15, -0.1) is 0 Å². The van der Waals surface area contributed by atoms with Crippen LogP contribution < -0.4 is 14.9 Å². The lowest BCUT2D eigenvalue weighted by molar-refractivity contribution is 0.395. The summed E-state index contributed by atoms with van der Waals surface area (Å²) >= 11 is 0. The third kappa shape index (κ3) is 1.94. The zero-order valence-corrected chi connectivity index (χ0v) is 7.76. The van der Waals surface area contributed by atoms with Crippen molar-refractivity contribution in [2.45, 2.75) is 6.82 Å². The Labute approximate surface area is 73.7 Å². The van der Waals surface area contributed by atoms with Gasteiger partial charge in [0.15, 0.2) is 7.28 Å². The van der Waals surface area contributed by atoms with Gasteiger partial charge in [-0.1, -0.05) is 12.3 Å². The number of ether oxygens (including phenoxy) is 2. The zero-order valence-electron chi connectivity index (χ0n) is 7.76. The molecule has 0 N–H and O–H groups in total. The second-order valence-electron chi connectivity index (χ2n) is 2.57. The van der Waals surface area contributed by atoms with E-state index < -0.39 is 0 Å². The Morgan fingerprint density at radius 3 is 1.83 bits per heavy atom. The molecule has 2 nitrogen and oxygen atoms in total. The molecule has 3 heteroatoms. The van der Waals surface area contributed by atoms with Crippen LogP contribution in [0.3, 0.4) is 0 Å². The Balaban J connectivity index is 3.01. The first-order valence-electron chi connectivity index (χ1n) is 4.02. The number of hydrogen-bond acceptors (Lipinski definition) is 2. The highest BCUT2D eigenvalue weighted by Crippen LogP contribution is 2.16. The Kier molecular flexibility index (Phi) is 3.03. The zero-order chi connectivity index (χ0) is 8.97. The highest BCUT2D eigenvalue weighted by Gasteiger charge is 1.99. The Bertz CT molecular complexity index is 205. The molecule has 0 spiro atoms. The van der Waals surface area contributed by atoms with Gasteiger partial charge in [-0.05, 0) is 12.1 Å². The fourth-order valence-electron chi connectivity index (χ4n) is 1.07. The highest BCUT2D eigenvalue weighted by atomic mass is 16.5. The van der Waals surface area contributed by atoms with Crippen molar-refractivity contribution in [1.29, 1.82) is 0 Å². The molecular formula is C9H13BO2. The van der Waals surface area contributed by atoms with E-state index in [4.69, 9.17) is 9.47 Å². The molecular weight excluding hydrogens is 151 g/mol. The van der Waals surface area contributed by atoms with Crippen molar-refractivity contribution in [2.24, 2.45) is 0 Å². The van der Waals surface area contributed by atoms with Crippen molar-refractivity contribution < 1.29 is 9.47 Å². The third-order valence-electron chi connectivity index (χ3n) is 1.82. The summed E-state index contributed by atoms with van der Waals surface area (Å²) in [6, 6.07) is 5.91. The van der Waals surface area contributed by atoms with Gasteiger partial charge in [0.1, 0.15) is 11.5 Å². The van der Waals surface area contributed by atoms with Crippen LogP contribution in [0.15, 0.2) is 18.2 Å². The first-order valence-corrected chi connectivity index (χ1v) is 4.02. The van der Waals surface area contributed by atoms with E-state index in [9.17, 15) is 0 Å². The minimum atomic E-state index is 0.853. The topological polar surface area (TPSA) is 18.5 Å². The van der Waals surface area contributed by atoms with Gasteiger partial charge in [0, 0.05) is 6.07 Å². The van der Waals surface area contributed by atoms with E-state index in [2.05, 4.69) is 6.82 Å². The molecule has 0 bridgehead atoms. The summed E-state index contributed by atoms with van der Waals surface area (Å²) in [4.78, 5) is 0. The lowest BCUT2D eigenvalue weighted by atomic mass is 9.73. The predicted octanol–water partition coefficient (Wildman–Crippen LogP) is 0.814. The molecule has 1 aromatic carbocycles. The van der Waals surface area contributed by atoms with E-state index >= 15 is 0 Å². The van der Waals surface area contributed by atoms with Crippen molar-refractivity contribution >= 4 is 12.7 Å². The quantitative estimate of drug-likeness (QED) is 0.615. The monoisotopic (exact) mass is 164 g/mol. The number of hydrogen-bond donors (Lipinski definition) is 0. The first-order chi connectivity index (χ1) is 5.80. The molecule has 0 saturated carbocycles. The smallest absolute Gasteiger partial charge is 0.154 e. The molecule has 0 saturated heterocycles. The van der Waals surface area contributed by atoms with Crippen LogP contribution in [0, 0.1) is 0 Å². The Morgan fingerprint density at radius 1 is 1.00 bits per heavy atom. The van der Waals surface area contributed by atoms with Crippen LogP contribution in [0.2, 0.25) is 6.82 Å². The molecule has 0 amide bonds. The van der Waals surface area contributed by atoms with Crippen LogP contribution in [-0.4, -0.2) is 21.5 Å². The van der Waals surface area contributed by atoms with Crippen molar-refractivity contribution in [2.75, 3.05) is 14.2 Å². The van der Waals surface area contributed by atoms with Crippen LogP contribution in [0.5, 0.6) is 11.5 Å². The second kappa shape index (κ2) is 4.05. The van der Waals surface area contributed by atoms with Gasteiger partial charge in [0.05, 0.1) is 14.2 Å². The molecule has 64 valence electrons. The van der Waals surface area contributed by atoms with Crippen molar-refractivity contribution in [1.82, 2.24) is 0 Å². The average molecular weight is 164 g/mol. The number of methoxy groups -OCH3 is 2. The molecule has 0 aliphatic rings. The maximum atomic E-state index is 5.12. The largest absolute Gasteiger partial charge is 0.497 e. The van der Waals surface area contributed by atoms with E-state index in [0.29, 0.717) is 0 Å². The van der Waals surface area contributed by atoms with Crippen LogP contribution in [0.4, 0.5) is 0 Å². The van der Waals surface area contributed by atoms with Crippen LogP contribution in [-0.2, 0) is 0 Å². The molecule has 0 aromatic heterocycles. The van der Waals surface area contributed by atoms with Gasteiger partial charge < -0.3 is 9.47 Å².